The van der Waals surface area contributed by atoms with E-state index in [1.807, 2.05) is 29.0 Å². The second-order valence-corrected chi connectivity index (χ2v) is 7.77. The monoisotopic (exact) mass is 323 g/mol. The minimum atomic E-state index is 0.193. The summed E-state index contributed by atoms with van der Waals surface area (Å²) < 4.78 is 2.02. The van der Waals surface area contributed by atoms with Gasteiger partial charge in [-0.2, -0.15) is 0 Å². The maximum Gasteiger partial charge on any atom is 0.254 e. The van der Waals surface area contributed by atoms with E-state index in [1.54, 1.807) is 12.5 Å². The van der Waals surface area contributed by atoms with Crippen molar-refractivity contribution < 1.29 is 4.79 Å². The van der Waals surface area contributed by atoms with Gasteiger partial charge in [-0.25, -0.2) is 4.98 Å². The SMILES string of the molecule is CC(C)C1N(C(=O)c2cccc(Cn3ccnc3)c2)CC12CCC2. The van der Waals surface area contributed by atoms with Crippen molar-refractivity contribution >= 4 is 5.91 Å². The lowest BCUT2D eigenvalue weighted by Gasteiger charge is -2.64. The quantitative estimate of drug-likeness (QED) is 0.862. The molecule has 1 saturated heterocycles. The molecular weight excluding hydrogens is 298 g/mol. The van der Waals surface area contributed by atoms with E-state index < -0.39 is 0 Å². The molecule has 1 aliphatic heterocycles. The molecule has 2 aromatic rings. The molecule has 4 nitrogen and oxygen atoms in total. The van der Waals surface area contributed by atoms with Gasteiger partial charge < -0.3 is 9.47 Å². The van der Waals surface area contributed by atoms with Crippen LogP contribution in [0.2, 0.25) is 0 Å². The third-order valence-electron chi connectivity index (χ3n) is 5.79. The predicted molar refractivity (Wildman–Crippen MR) is 93.7 cm³/mol. The first-order valence-electron chi connectivity index (χ1n) is 8.95. The third-order valence-corrected chi connectivity index (χ3v) is 5.79. The molecule has 1 aromatic carbocycles. The van der Waals surface area contributed by atoms with Crippen LogP contribution in [-0.4, -0.2) is 32.9 Å². The number of carbonyl (C=O) groups is 1. The molecule has 24 heavy (non-hydrogen) atoms. The van der Waals surface area contributed by atoms with E-state index in [1.165, 1.54) is 19.3 Å². The van der Waals surface area contributed by atoms with Crippen LogP contribution in [0, 0.1) is 11.3 Å². The molecule has 1 saturated carbocycles. The maximum absolute atomic E-state index is 13.0. The van der Waals surface area contributed by atoms with Crippen LogP contribution in [0.15, 0.2) is 43.0 Å². The van der Waals surface area contributed by atoms with Crippen LogP contribution >= 0.6 is 0 Å². The topological polar surface area (TPSA) is 38.1 Å². The molecule has 1 amide bonds. The highest BCUT2D eigenvalue weighted by molar-refractivity contribution is 5.95. The Morgan fingerprint density at radius 3 is 2.83 bits per heavy atom. The summed E-state index contributed by atoms with van der Waals surface area (Å²) in [6.07, 6.45) is 9.44. The highest BCUT2D eigenvalue weighted by atomic mass is 16.2. The van der Waals surface area contributed by atoms with E-state index in [2.05, 4.69) is 29.8 Å². The standard InChI is InChI=1S/C20H25N3O/c1-15(2)18-20(7-4-8-20)13-23(18)19(24)17-6-3-5-16(11-17)12-22-10-9-21-14-22/h3,5-6,9-11,14-15,18H,4,7-8,12-13H2,1-2H3. The van der Waals surface area contributed by atoms with Crippen LogP contribution in [0.4, 0.5) is 0 Å². The fourth-order valence-corrected chi connectivity index (χ4v) is 4.66. The molecular formula is C20H25N3O. The molecule has 2 fully saturated rings. The lowest BCUT2D eigenvalue weighted by molar-refractivity contribution is -0.120. The van der Waals surface area contributed by atoms with Crippen molar-refractivity contribution in [2.45, 2.75) is 45.7 Å². The van der Waals surface area contributed by atoms with Crippen molar-refractivity contribution in [2.24, 2.45) is 11.3 Å². The van der Waals surface area contributed by atoms with Gasteiger partial charge >= 0.3 is 0 Å². The molecule has 0 bridgehead atoms. The van der Waals surface area contributed by atoms with Crippen LogP contribution in [0.25, 0.3) is 0 Å². The zero-order valence-corrected chi connectivity index (χ0v) is 14.5. The van der Waals surface area contributed by atoms with E-state index in [-0.39, 0.29) is 5.91 Å². The molecule has 1 atom stereocenters. The van der Waals surface area contributed by atoms with Gasteiger partial charge in [0.2, 0.25) is 0 Å². The van der Waals surface area contributed by atoms with Gasteiger partial charge in [0.25, 0.3) is 5.91 Å². The van der Waals surface area contributed by atoms with E-state index in [0.29, 0.717) is 17.4 Å². The van der Waals surface area contributed by atoms with Gasteiger partial charge in [0, 0.05) is 42.5 Å². The van der Waals surface area contributed by atoms with Crippen molar-refractivity contribution in [2.75, 3.05) is 6.54 Å². The molecule has 2 aliphatic rings. The molecule has 1 unspecified atom stereocenters. The second kappa shape index (κ2) is 5.76. The normalized spacial score (nSPS) is 21.6. The second-order valence-electron chi connectivity index (χ2n) is 7.77. The number of benzene rings is 1. The molecule has 1 spiro atoms. The fourth-order valence-electron chi connectivity index (χ4n) is 4.66. The van der Waals surface area contributed by atoms with Crippen molar-refractivity contribution in [1.82, 2.24) is 14.5 Å². The largest absolute Gasteiger partial charge is 0.334 e. The average molecular weight is 323 g/mol. The predicted octanol–water partition coefficient (Wildman–Crippen LogP) is 3.58. The van der Waals surface area contributed by atoms with Gasteiger partial charge in [-0.3, -0.25) is 4.79 Å². The Bertz CT molecular complexity index is 731. The van der Waals surface area contributed by atoms with Gasteiger partial charge in [-0.15, -0.1) is 0 Å². The number of nitrogens with zero attached hydrogens (tertiary/aromatic N) is 3. The highest BCUT2D eigenvalue weighted by Crippen LogP contribution is 2.55. The summed E-state index contributed by atoms with van der Waals surface area (Å²) in [5.41, 5.74) is 2.38. The van der Waals surface area contributed by atoms with Crippen LogP contribution < -0.4 is 0 Å². The summed E-state index contributed by atoms with van der Waals surface area (Å²) in [6.45, 7) is 6.19. The summed E-state index contributed by atoms with van der Waals surface area (Å²) in [7, 11) is 0. The van der Waals surface area contributed by atoms with Crippen molar-refractivity contribution in [3.63, 3.8) is 0 Å². The van der Waals surface area contributed by atoms with Crippen LogP contribution in [-0.2, 0) is 6.54 Å². The van der Waals surface area contributed by atoms with Crippen molar-refractivity contribution in [3.8, 4) is 0 Å². The number of hydrogen-bond donors (Lipinski definition) is 0. The number of likely N-dealkylation sites (tertiary alicyclic amines) is 1. The average Bonchev–Trinajstić information content (AvgIpc) is 2.97. The number of amides is 1. The number of rotatable bonds is 4. The summed E-state index contributed by atoms with van der Waals surface area (Å²) in [6, 6.07) is 8.45. The van der Waals surface area contributed by atoms with Crippen molar-refractivity contribution in [1.29, 1.82) is 0 Å². The number of carbonyl (C=O) groups excluding carboxylic acids is 1. The van der Waals surface area contributed by atoms with Crippen LogP contribution in [0.3, 0.4) is 0 Å². The summed E-state index contributed by atoms with van der Waals surface area (Å²) in [4.78, 5) is 19.2. The summed E-state index contributed by atoms with van der Waals surface area (Å²) >= 11 is 0. The summed E-state index contributed by atoms with van der Waals surface area (Å²) in [5.74, 6) is 0.718. The molecule has 4 heteroatoms. The number of imidazole rings is 1. The maximum atomic E-state index is 13.0. The van der Waals surface area contributed by atoms with Gasteiger partial charge in [-0.1, -0.05) is 32.4 Å². The Morgan fingerprint density at radius 1 is 1.38 bits per heavy atom. The number of hydrogen-bond acceptors (Lipinski definition) is 2. The van der Waals surface area contributed by atoms with Crippen LogP contribution in [0.1, 0.15) is 49.0 Å². The molecule has 0 N–H and O–H groups in total. The third kappa shape index (κ3) is 2.45. The first-order chi connectivity index (χ1) is 11.6. The van der Waals surface area contributed by atoms with Gasteiger partial charge in [-0.05, 0) is 36.5 Å². The summed E-state index contributed by atoms with van der Waals surface area (Å²) in [5, 5.41) is 0. The smallest absolute Gasteiger partial charge is 0.254 e. The van der Waals surface area contributed by atoms with E-state index in [4.69, 9.17) is 0 Å². The van der Waals surface area contributed by atoms with Crippen molar-refractivity contribution in [3.05, 3.63) is 54.1 Å². The molecule has 0 radical (unpaired) electrons. The van der Waals surface area contributed by atoms with E-state index >= 15 is 0 Å². The minimum absolute atomic E-state index is 0.193. The first-order valence-corrected chi connectivity index (χ1v) is 8.95. The zero-order valence-electron chi connectivity index (χ0n) is 14.5. The Morgan fingerprint density at radius 2 is 2.21 bits per heavy atom. The lowest BCUT2D eigenvalue weighted by Crippen LogP contribution is -2.70. The van der Waals surface area contributed by atoms with Gasteiger partial charge in [0.05, 0.1) is 6.33 Å². The highest BCUT2D eigenvalue weighted by Gasteiger charge is 2.58. The Hall–Kier alpha value is -2.10. The Balaban J connectivity index is 1.52. The van der Waals surface area contributed by atoms with E-state index in [9.17, 15) is 4.79 Å². The lowest BCUT2D eigenvalue weighted by atomic mass is 9.55. The Kier molecular flexibility index (Phi) is 3.70. The first kappa shape index (κ1) is 15.4. The zero-order chi connectivity index (χ0) is 16.7. The molecule has 1 aromatic heterocycles. The van der Waals surface area contributed by atoms with Gasteiger partial charge in [0.15, 0.2) is 0 Å². The molecule has 126 valence electrons. The minimum Gasteiger partial charge on any atom is -0.334 e. The molecule has 2 heterocycles. The van der Waals surface area contributed by atoms with Crippen LogP contribution in [0.5, 0.6) is 0 Å². The molecule has 4 rings (SSSR count). The van der Waals surface area contributed by atoms with Gasteiger partial charge in [0.1, 0.15) is 0 Å². The number of aromatic nitrogens is 2. The fraction of sp³-hybridized carbons (Fsp3) is 0.500. The Labute approximate surface area is 143 Å². The molecule has 1 aliphatic carbocycles. The van der Waals surface area contributed by atoms with E-state index in [0.717, 1.165) is 24.2 Å².